The molecule has 3 amide bonds. The van der Waals surface area contributed by atoms with Gasteiger partial charge in [0.15, 0.2) is 0 Å². The number of rotatable bonds is 4. The molecular weight excluding hydrogens is 351 g/mol. The van der Waals surface area contributed by atoms with Crippen LogP contribution in [0.4, 0.5) is 0 Å². The summed E-state index contributed by atoms with van der Waals surface area (Å²) in [7, 11) is 0. The van der Waals surface area contributed by atoms with Crippen LogP contribution in [0.15, 0.2) is 42.5 Å². The van der Waals surface area contributed by atoms with Crippen molar-refractivity contribution in [3.8, 4) is 0 Å². The summed E-state index contributed by atoms with van der Waals surface area (Å²) in [6, 6.07) is 11.2. The number of benzene rings is 2. The lowest BCUT2D eigenvalue weighted by atomic mass is 10.1. The summed E-state index contributed by atoms with van der Waals surface area (Å²) in [6.07, 6.45) is 0. The van der Waals surface area contributed by atoms with E-state index in [9.17, 15) is 14.4 Å². The molecule has 0 aliphatic carbocycles. The van der Waals surface area contributed by atoms with Gasteiger partial charge in [-0.2, -0.15) is 0 Å². The minimum atomic E-state index is -0.356. The van der Waals surface area contributed by atoms with Gasteiger partial charge in [0.25, 0.3) is 17.7 Å². The van der Waals surface area contributed by atoms with Gasteiger partial charge in [0.2, 0.25) is 0 Å². The fourth-order valence-electron chi connectivity index (χ4n) is 2.46. The molecule has 122 valence electrons. The van der Waals surface area contributed by atoms with Crippen LogP contribution in [0.25, 0.3) is 0 Å². The first kappa shape index (κ1) is 16.5. The largest absolute Gasteiger partial charge is 0.350 e. The van der Waals surface area contributed by atoms with E-state index in [4.69, 9.17) is 23.2 Å². The summed E-state index contributed by atoms with van der Waals surface area (Å²) >= 11 is 11.7. The number of hydrogen-bond donors (Lipinski definition) is 1. The van der Waals surface area contributed by atoms with Crippen LogP contribution in [-0.2, 0) is 0 Å². The number of nitrogens with one attached hydrogen (secondary N) is 1. The van der Waals surface area contributed by atoms with Crippen molar-refractivity contribution in [1.82, 2.24) is 10.2 Å². The SMILES string of the molecule is O=C(NCCN1C(=O)c2ccccc2C1=O)c1ccc(Cl)c(Cl)c1. The predicted molar refractivity (Wildman–Crippen MR) is 90.6 cm³/mol. The Morgan fingerprint density at radius 2 is 1.58 bits per heavy atom. The summed E-state index contributed by atoms with van der Waals surface area (Å²) in [4.78, 5) is 37.6. The second kappa shape index (κ2) is 6.63. The Kier molecular flexibility index (Phi) is 4.55. The predicted octanol–water partition coefficient (Wildman–Crippen LogP) is 3.02. The van der Waals surface area contributed by atoms with Crippen LogP contribution in [0.3, 0.4) is 0 Å². The highest BCUT2D eigenvalue weighted by molar-refractivity contribution is 6.42. The number of nitrogens with zero attached hydrogens (tertiary/aromatic N) is 1. The molecule has 3 rings (SSSR count). The van der Waals surface area contributed by atoms with Gasteiger partial charge in [-0.15, -0.1) is 0 Å². The molecule has 0 aromatic heterocycles. The monoisotopic (exact) mass is 362 g/mol. The van der Waals surface area contributed by atoms with Gasteiger partial charge in [-0.3, -0.25) is 19.3 Å². The molecule has 0 spiro atoms. The van der Waals surface area contributed by atoms with Crippen molar-refractivity contribution in [3.05, 3.63) is 69.2 Å². The van der Waals surface area contributed by atoms with Gasteiger partial charge in [-0.05, 0) is 30.3 Å². The fourth-order valence-corrected chi connectivity index (χ4v) is 2.76. The molecule has 2 aromatic carbocycles. The van der Waals surface area contributed by atoms with Crippen LogP contribution in [0.1, 0.15) is 31.1 Å². The summed E-state index contributed by atoms with van der Waals surface area (Å²) in [5, 5.41) is 3.30. The highest BCUT2D eigenvalue weighted by Crippen LogP contribution is 2.23. The molecule has 1 heterocycles. The highest BCUT2D eigenvalue weighted by Gasteiger charge is 2.34. The maximum atomic E-state index is 12.2. The minimum absolute atomic E-state index is 0.0966. The van der Waals surface area contributed by atoms with E-state index in [0.29, 0.717) is 21.7 Å². The van der Waals surface area contributed by atoms with E-state index in [1.54, 1.807) is 30.3 Å². The topological polar surface area (TPSA) is 66.5 Å². The molecule has 0 saturated carbocycles. The van der Waals surface area contributed by atoms with E-state index >= 15 is 0 Å². The molecule has 2 aromatic rings. The van der Waals surface area contributed by atoms with E-state index in [1.807, 2.05) is 0 Å². The third-order valence-corrected chi connectivity index (χ3v) is 4.42. The normalized spacial score (nSPS) is 13.2. The van der Waals surface area contributed by atoms with E-state index in [2.05, 4.69) is 5.32 Å². The van der Waals surface area contributed by atoms with Crippen molar-refractivity contribution in [2.24, 2.45) is 0 Å². The first-order chi connectivity index (χ1) is 11.5. The number of fused-ring (bicyclic) bond motifs is 1. The van der Waals surface area contributed by atoms with Crippen molar-refractivity contribution in [3.63, 3.8) is 0 Å². The fraction of sp³-hybridized carbons (Fsp3) is 0.118. The number of halogens is 2. The van der Waals surface area contributed by atoms with Gasteiger partial charge in [0.1, 0.15) is 0 Å². The third kappa shape index (κ3) is 3.00. The number of carbonyl (C=O) groups excluding carboxylic acids is 3. The van der Waals surface area contributed by atoms with Crippen molar-refractivity contribution >= 4 is 40.9 Å². The molecule has 1 aliphatic rings. The second-order valence-electron chi connectivity index (χ2n) is 5.19. The average Bonchev–Trinajstić information content (AvgIpc) is 2.82. The summed E-state index contributed by atoms with van der Waals surface area (Å²) < 4.78 is 0. The standard InChI is InChI=1S/C17H12Cl2N2O3/c18-13-6-5-10(9-14(13)19)15(22)20-7-8-21-16(23)11-3-1-2-4-12(11)17(21)24/h1-6,9H,7-8H2,(H,20,22). The van der Waals surface area contributed by atoms with Gasteiger partial charge in [-0.1, -0.05) is 35.3 Å². The summed E-state index contributed by atoms with van der Waals surface area (Å²) in [5.41, 5.74) is 1.13. The molecule has 1 N–H and O–H groups in total. The van der Waals surface area contributed by atoms with Gasteiger partial charge in [0, 0.05) is 18.7 Å². The first-order valence-corrected chi connectivity index (χ1v) is 7.93. The number of amides is 3. The van der Waals surface area contributed by atoms with Crippen molar-refractivity contribution in [2.75, 3.05) is 13.1 Å². The van der Waals surface area contributed by atoms with Crippen LogP contribution >= 0.6 is 23.2 Å². The van der Waals surface area contributed by atoms with E-state index in [-0.39, 0.29) is 35.8 Å². The third-order valence-electron chi connectivity index (χ3n) is 3.68. The summed E-state index contributed by atoms with van der Waals surface area (Å²) in [5.74, 6) is -1.05. The quantitative estimate of drug-likeness (QED) is 0.850. The van der Waals surface area contributed by atoms with E-state index in [1.165, 1.54) is 12.1 Å². The first-order valence-electron chi connectivity index (χ1n) is 7.17. The molecule has 5 nitrogen and oxygen atoms in total. The Bertz CT molecular complexity index is 816. The Labute approximate surface area is 148 Å². The zero-order valence-electron chi connectivity index (χ0n) is 12.4. The minimum Gasteiger partial charge on any atom is -0.350 e. The maximum Gasteiger partial charge on any atom is 0.261 e. The Balaban J connectivity index is 1.61. The van der Waals surface area contributed by atoms with E-state index in [0.717, 1.165) is 4.90 Å². The molecule has 0 atom stereocenters. The molecular formula is C17H12Cl2N2O3. The van der Waals surface area contributed by atoms with Crippen molar-refractivity contribution < 1.29 is 14.4 Å². The lowest BCUT2D eigenvalue weighted by molar-refractivity contribution is 0.0650. The Hall–Kier alpha value is -2.37. The number of hydrogen-bond acceptors (Lipinski definition) is 3. The smallest absolute Gasteiger partial charge is 0.261 e. The van der Waals surface area contributed by atoms with Gasteiger partial charge >= 0.3 is 0 Å². The molecule has 7 heteroatoms. The van der Waals surface area contributed by atoms with Crippen LogP contribution in [0, 0.1) is 0 Å². The van der Waals surface area contributed by atoms with Gasteiger partial charge in [-0.25, -0.2) is 0 Å². The highest BCUT2D eigenvalue weighted by atomic mass is 35.5. The number of carbonyl (C=O) groups is 3. The Morgan fingerprint density at radius 3 is 2.17 bits per heavy atom. The van der Waals surface area contributed by atoms with E-state index < -0.39 is 0 Å². The molecule has 24 heavy (non-hydrogen) atoms. The van der Waals surface area contributed by atoms with Crippen molar-refractivity contribution in [2.45, 2.75) is 0 Å². The molecule has 1 aliphatic heterocycles. The lowest BCUT2D eigenvalue weighted by Gasteiger charge is -2.14. The second-order valence-corrected chi connectivity index (χ2v) is 6.01. The molecule has 0 unspecified atom stereocenters. The molecule has 0 saturated heterocycles. The molecule has 0 bridgehead atoms. The maximum absolute atomic E-state index is 12.2. The zero-order chi connectivity index (χ0) is 17.3. The molecule has 0 radical (unpaired) electrons. The number of imide groups is 1. The van der Waals surface area contributed by atoms with Crippen LogP contribution in [-0.4, -0.2) is 35.7 Å². The van der Waals surface area contributed by atoms with Gasteiger partial charge < -0.3 is 5.32 Å². The zero-order valence-corrected chi connectivity index (χ0v) is 13.9. The van der Waals surface area contributed by atoms with Crippen LogP contribution < -0.4 is 5.32 Å². The summed E-state index contributed by atoms with van der Waals surface area (Å²) in [6.45, 7) is 0.240. The Morgan fingerprint density at radius 1 is 0.958 bits per heavy atom. The average molecular weight is 363 g/mol. The van der Waals surface area contributed by atoms with Gasteiger partial charge in [0.05, 0.1) is 21.2 Å². The lowest BCUT2D eigenvalue weighted by Crippen LogP contribution is -2.38. The van der Waals surface area contributed by atoms with Crippen molar-refractivity contribution in [1.29, 1.82) is 0 Å². The van der Waals surface area contributed by atoms with Crippen LogP contribution in [0.2, 0.25) is 10.0 Å². The van der Waals surface area contributed by atoms with Crippen LogP contribution in [0.5, 0.6) is 0 Å². The molecule has 0 fully saturated rings.